The van der Waals surface area contributed by atoms with Crippen molar-refractivity contribution in [2.45, 2.75) is 32.2 Å². The van der Waals surface area contributed by atoms with Crippen molar-refractivity contribution >= 4 is 45.5 Å². The third kappa shape index (κ3) is 10.8. The number of anilines is 1. The molecule has 0 amide bonds. The molecule has 0 saturated carbocycles. The molecule has 0 aromatic heterocycles. The first-order chi connectivity index (χ1) is 11.7. The lowest BCUT2D eigenvalue weighted by atomic mass is 10.1. The van der Waals surface area contributed by atoms with Gasteiger partial charge in [-0.15, -0.1) is 24.0 Å². The van der Waals surface area contributed by atoms with Crippen LogP contribution in [0.5, 0.6) is 0 Å². The van der Waals surface area contributed by atoms with Crippen molar-refractivity contribution in [2.24, 2.45) is 4.99 Å². The molecular weight excluding hydrogens is 463 g/mol. The fourth-order valence-corrected chi connectivity index (χ4v) is 3.13. The number of hydrogen-bond donors (Lipinski definition) is 2. The number of halogens is 1. The van der Waals surface area contributed by atoms with Gasteiger partial charge in [0.2, 0.25) is 0 Å². The highest BCUT2D eigenvalue weighted by atomic mass is 127. The van der Waals surface area contributed by atoms with Gasteiger partial charge in [0.15, 0.2) is 5.96 Å². The maximum absolute atomic E-state index is 11.2. The molecule has 2 N–H and O–H groups in total. The van der Waals surface area contributed by atoms with Crippen molar-refractivity contribution < 1.29 is 8.42 Å². The number of benzene rings is 1. The topological polar surface area (TPSA) is 73.8 Å². The number of rotatable bonds is 9. The van der Waals surface area contributed by atoms with Gasteiger partial charge in [-0.05, 0) is 43.9 Å². The average molecular weight is 496 g/mol. The summed E-state index contributed by atoms with van der Waals surface area (Å²) in [7, 11) is 2.87. The van der Waals surface area contributed by atoms with Crippen LogP contribution in [0.3, 0.4) is 0 Å². The fourth-order valence-electron chi connectivity index (χ4n) is 2.35. The minimum Gasteiger partial charge on any atom is -0.378 e. The predicted octanol–water partition coefficient (Wildman–Crippen LogP) is 2.29. The zero-order chi connectivity index (χ0) is 18.9. The zero-order valence-corrected chi connectivity index (χ0v) is 19.6. The molecule has 0 saturated heterocycles. The molecule has 0 heterocycles. The Morgan fingerprint density at radius 1 is 1.23 bits per heavy atom. The summed E-state index contributed by atoms with van der Waals surface area (Å²) in [5.74, 6) is 0.894. The molecule has 0 aliphatic heterocycles. The van der Waals surface area contributed by atoms with E-state index in [-0.39, 0.29) is 35.8 Å². The molecule has 26 heavy (non-hydrogen) atoms. The van der Waals surface area contributed by atoms with Crippen LogP contribution in [0, 0.1) is 0 Å². The van der Waals surface area contributed by atoms with Gasteiger partial charge in [0.25, 0.3) is 0 Å². The van der Waals surface area contributed by atoms with Crippen molar-refractivity contribution in [3.8, 4) is 0 Å². The van der Waals surface area contributed by atoms with Gasteiger partial charge in [-0.25, -0.2) is 8.42 Å². The maximum Gasteiger partial charge on any atom is 0.191 e. The van der Waals surface area contributed by atoms with Gasteiger partial charge in [-0.1, -0.05) is 12.1 Å². The van der Waals surface area contributed by atoms with Crippen molar-refractivity contribution in [2.75, 3.05) is 44.6 Å². The van der Waals surface area contributed by atoms with E-state index in [1.807, 2.05) is 21.0 Å². The molecule has 1 unspecified atom stereocenters. The Bertz CT molecular complexity index is 646. The summed E-state index contributed by atoms with van der Waals surface area (Å²) in [6.45, 7) is 2.78. The lowest BCUT2D eigenvalue weighted by Crippen LogP contribution is -2.43. The van der Waals surface area contributed by atoms with E-state index in [4.69, 9.17) is 0 Å². The molecule has 150 valence electrons. The minimum absolute atomic E-state index is 0. The molecule has 1 atom stereocenters. The number of hydrogen-bond acceptors (Lipinski definition) is 4. The molecule has 0 aliphatic carbocycles. The first-order valence-electron chi connectivity index (χ1n) is 8.62. The van der Waals surface area contributed by atoms with Gasteiger partial charge < -0.3 is 15.5 Å². The fraction of sp³-hybridized carbons (Fsp3) is 0.611. The van der Waals surface area contributed by atoms with Gasteiger partial charge in [0.1, 0.15) is 9.84 Å². The summed E-state index contributed by atoms with van der Waals surface area (Å²) < 4.78 is 22.4. The van der Waals surface area contributed by atoms with Crippen molar-refractivity contribution in [1.29, 1.82) is 0 Å². The smallest absolute Gasteiger partial charge is 0.191 e. The highest BCUT2D eigenvalue weighted by Gasteiger charge is 2.09. The summed E-state index contributed by atoms with van der Waals surface area (Å²) in [6.07, 6.45) is 3.83. The van der Waals surface area contributed by atoms with Crippen molar-refractivity contribution in [1.82, 2.24) is 10.6 Å². The minimum atomic E-state index is -2.93. The Kier molecular flexibility index (Phi) is 11.9. The van der Waals surface area contributed by atoms with Crippen LogP contribution in [-0.4, -0.2) is 60.1 Å². The van der Waals surface area contributed by atoms with Crippen LogP contribution in [0.15, 0.2) is 29.3 Å². The first kappa shape index (κ1) is 25.0. The van der Waals surface area contributed by atoms with Gasteiger partial charge >= 0.3 is 0 Å². The third-order valence-electron chi connectivity index (χ3n) is 3.92. The van der Waals surface area contributed by atoms with Crippen LogP contribution in [0.1, 0.15) is 25.3 Å². The molecular formula is C18H33IN4O2S. The van der Waals surface area contributed by atoms with Crippen LogP contribution >= 0.6 is 24.0 Å². The van der Waals surface area contributed by atoms with Crippen LogP contribution in [0.25, 0.3) is 0 Å². The molecule has 0 radical (unpaired) electrons. The highest BCUT2D eigenvalue weighted by Crippen LogP contribution is 2.13. The second kappa shape index (κ2) is 12.4. The number of nitrogens with one attached hydrogen (secondary N) is 2. The molecule has 1 aromatic rings. The summed E-state index contributed by atoms with van der Waals surface area (Å²) in [6, 6.07) is 8.64. The van der Waals surface area contributed by atoms with Crippen LogP contribution in [-0.2, 0) is 16.3 Å². The summed E-state index contributed by atoms with van der Waals surface area (Å²) in [4.78, 5) is 6.28. The monoisotopic (exact) mass is 496 g/mol. The molecule has 0 spiro atoms. The van der Waals surface area contributed by atoms with Gasteiger partial charge in [-0.2, -0.15) is 0 Å². The SMILES string of the molecule is CN=C(NCCCc1ccc(N(C)C)cc1)NC(C)CCS(C)(=O)=O.I. The normalized spacial score (nSPS) is 12.9. The van der Waals surface area contributed by atoms with E-state index in [0.717, 1.165) is 19.4 Å². The Balaban J connectivity index is 0.00000625. The molecule has 1 aromatic carbocycles. The molecule has 0 bridgehead atoms. The number of nitrogens with zero attached hydrogens (tertiary/aromatic N) is 2. The second-order valence-corrected chi connectivity index (χ2v) is 8.89. The average Bonchev–Trinajstić information content (AvgIpc) is 2.55. The quantitative estimate of drug-likeness (QED) is 0.238. The number of aryl methyl sites for hydroxylation is 1. The summed E-state index contributed by atoms with van der Waals surface area (Å²) in [5.41, 5.74) is 2.52. The molecule has 8 heteroatoms. The van der Waals surface area contributed by atoms with E-state index in [0.29, 0.717) is 12.4 Å². The summed E-state index contributed by atoms with van der Waals surface area (Å²) >= 11 is 0. The molecule has 1 rings (SSSR count). The Hall–Kier alpha value is -1.03. The number of sulfone groups is 1. The number of aliphatic imine (C=N–C) groups is 1. The first-order valence-corrected chi connectivity index (χ1v) is 10.7. The predicted molar refractivity (Wildman–Crippen MR) is 123 cm³/mol. The molecule has 0 fully saturated rings. The van der Waals surface area contributed by atoms with Crippen molar-refractivity contribution in [3.63, 3.8) is 0 Å². The standard InChI is InChI=1S/C18H32N4O2S.HI/c1-15(12-14-25(5,23)24)21-18(19-2)20-13-6-7-16-8-10-17(11-9-16)22(3)4;/h8-11,15H,6-7,12-14H2,1-5H3,(H2,19,20,21);1H. The Morgan fingerprint density at radius 2 is 1.85 bits per heavy atom. The van der Waals surface area contributed by atoms with Crippen LogP contribution < -0.4 is 15.5 Å². The van der Waals surface area contributed by atoms with Gasteiger partial charge in [-0.3, -0.25) is 4.99 Å². The highest BCUT2D eigenvalue weighted by molar-refractivity contribution is 14.0. The van der Waals surface area contributed by atoms with E-state index >= 15 is 0 Å². The number of guanidine groups is 1. The van der Waals surface area contributed by atoms with E-state index in [2.05, 4.69) is 44.8 Å². The van der Waals surface area contributed by atoms with E-state index < -0.39 is 9.84 Å². The van der Waals surface area contributed by atoms with Crippen LogP contribution in [0.4, 0.5) is 5.69 Å². The lowest BCUT2D eigenvalue weighted by Gasteiger charge is -2.17. The lowest BCUT2D eigenvalue weighted by molar-refractivity contribution is 0.580. The van der Waals surface area contributed by atoms with E-state index in [9.17, 15) is 8.42 Å². The van der Waals surface area contributed by atoms with Crippen LogP contribution in [0.2, 0.25) is 0 Å². The van der Waals surface area contributed by atoms with E-state index in [1.165, 1.54) is 17.5 Å². The zero-order valence-electron chi connectivity index (χ0n) is 16.4. The maximum atomic E-state index is 11.2. The Labute approximate surface area is 175 Å². The van der Waals surface area contributed by atoms with E-state index in [1.54, 1.807) is 7.05 Å². The van der Waals surface area contributed by atoms with Gasteiger partial charge in [0, 0.05) is 45.7 Å². The Morgan fingerprint density at radius 3 is 2.35 bits per heavy atom. The molecule has 0 aliphatic rings. The molecule has 6 nitrogen and oxygen atoms in total. The third-order valence-corrected chi connectivity index (χ3v) is 4.89. The van der Waals surface area contributed by atoms with Crippen molar-refractivity contribution in [3.05, 3.63) is 29.8 Å². The summed E-state index contributed by atoms with van der Waals surface area (Å²) in [5, 5.41) is 6.51. The van der Waals surface area contributed by atoms with Gasteiger partial charge in [0.05, 0.1) is 5.75 Å². The second-order valence-electron chi connectivity index (χ2n) is 6.63. The largest absolute Gasteiger partial charge is 0.378 e.